The van der Waals surface area contributed by atoms with E-state index in [1.54, 1.807) is 24.3 Å². The predicted octanol–water partition coefficient (Wildman–Crippen LogP) is 5.75. The van der Waals surface area contributed by atoms with Crippen LogP contribution >= 0.6 is 11.6 Å². The monoisotopic (exact) mass is 356 g/mol. The molecule has 3 aromatic carbocycles. The van der Waals surface area contributed by atoms with Crippen LogP contribution in [0.1, 0.15) is 16.1 Å². The maximum Gasteiger partial charge on any atom is 0.213 e. The number of fused-ring (bicyclic) bond motifs is 5. The molecule has 0 radical (unpaired) electrons. The molecule has 26 heavy (non-hydrogen) atoms. The summed E-state index contributed by atoms with van der Waals surface area (Å²) in [5, 5.41) is 3.76. The third-order valence-corrected chi connectivity index (χ3v) is 4.92. The zero-order valence-corrected chi connectivity index (χ0v) is 14.4. The van der Waals surface area contributed by atoms with Crippen molar-refractivity contribution in [1.29, 1.82) is 0 Å². The van der Waals surface area contributed by atoms with Crippen molar-refractivity contribution < 1.29 is 4.79 Å². The fourth-order valence-electron chi connectivity index (χ4n) is 3.46. The molecule has 2 aromatic heterocycles. The molecule has 0 aliphatic rings. The molecule has 5 aromatic rings. The molecule has 0 atom stereocenters. The number of rotatable bonds is 2. The highest BCUT2D eigenvalue weighted by Crippen LogP contribution is 2.33. The SMILES string of the molecule is O=C(c1ccc(Cl)cc1)c1nc2ccccc2c2c1[nH]c1ccccc12. The number of benzene rings is 3. The Morgan fingerprint density at radius 2 is 1.54 bits per heavy atom. The largest absolute Gasteiger partial charge is 0.353 e. The van der Waals surface area contributed by atoms with E-state index in [4.69, 9.17) is 11.6 Å². The molecule has 2 heterocycles. The third kappa shape index (κ3) is 2.21. The van der Waals surface area contributed by atoms with Gasteiger partial charge in [-0.15, -0.1) is 0 Å². The number of H-pyrrole nitrogens is 1. The van der Waals surface area contributed by atoms with Crippen LogP contribution in [0, 0.1) is 0 Å². The lowest BCUT2D eigenvalue weighted by Crippen LogP contribution is -2.05. The van der Waals surface area contributed by atoms with Crippen LogP contribution in [0.25, 0.3) is 32.7 Å². The van der Waals surface area contributed by atoms with Crippen LogP contribution in [0.3, 0.4) is 0 Å². The Morgan fingerprint density at radius 3 is 2.35 bits per heavy atom. The van der Waals surface area contributed by atoms with Gasteiger partial charge >= 0.3 is 0 Å². The zero-order valence-electron chi connectivity index (χ0n) is 13.7. The number of para-hydroxylation sites is 2. The summed E-state index contributed by atoms with van der Waals surface area (Å²) in [6.07, 6.45) is 0. The van der Waals surface area contributed by atoms with Crippen molar-refractivity contribution >= 4 is 50.1 Å². The molecule has 4 heteroatoms. The minimum atomic E-state index is -0.121. The number of aromatic amines is 1. The number of carbonyl (C=O) groups excluding carboxylic acids is 1. The molecule has 0 saturated carbocycles. The Balaban J connectivity index is 1.89. The highest BCUT2D eigenvalue weighted by Gasteiger charge is 2.19. The molecule has 0 aliphatic carbocycles. The summed E-state index contributed by atoms with van der Waals surface area (Å²) in [7, 11) is 0. The van der Waals surface area contributed by atoms with Crippen molar-refractivity contribution in [2.45, 2.75) is 0 Å². The fourth-order valence-corrected chi connectivity index (χ4v) is 3.59. The minimum Gasteiger partial charge on any atom is -0.353 e. The van der Waals surface area contributed by atoms with Gasteiger partial charge in [-0.3, -0.25) is 4.79 Å². The number of hydrogen-bond acceptors (Lipinski definition) is 2. The number of ketones is 1. The van der Waals surface area contributed by atoms with Crippen molar-refractivity contribution in [1.82, 2.24) is 9.97 Å². The number of nitrogens with one attached hydrogen (secondary N) is 1. The van der Waals surface area contributed by atoms with E-state index >= 15 is 0 Å². The highest BCUT2D eigenvalue weighted by molar-refractivity contribution is 6.31. The molecule has 0 bridgehead atoms. The molecule has 0 unspecified atom stereocenters. The van der Waals surface area contributed by atoms with Crippen LogP contribution < -0.4 is 0 Å². The molecular formula is C22H13ClN2O. The zero-order chi connectivity index (χ0) is 17.7. The average Bonchev–Trinajstić information content (AvgIpc) is 3.07. The molecule has 0 aliphatic heterocycles. The lowest BCUT2D eigenvalue weighted by atomic mass is 10.0. The quantitative estimate of drug-likeness (QED) is 0.409. The van der Waals surface area contributed by atoms with Crippen molar-refractivity contribution in [3.63, 3.8) is 0 Å². The number of carbonyl (C=O) groups is 1. The molecule has 0 amide bonds. The summed E-state index contributed by atoms with van der Waals surface area (Å²) in [4.78, 5) is 21.2. The first-order chi connectivity index (χ1) is 12.7. The summed E-state index contributed by atoms with van der Waals surface area (Å²) >= 11 is 5.96. The Labute approximate surface area is 154 Å². The van der Waals surface area contributed by atoms with E-state index in [9.17, 15) is 4.79 Å². The molecule has 1 N–H and O–H groups in total. The van der Waals surface area contributed by atoms with Crippen molar-refractivity contribution in [3.05, 3.63) is 89.1 Å². The van der Waals surface area contributed by atoms with E-state index in [-0.39, 0.29) is 5.78 Å². The third-order valence-electron chi connectivity index (χ3n) is 4.67. The maximum atomic E-state index is 13.2. The van der Waals surface area contributed by atoms with Gasteiger partial charge in [-0.05, 0) is 36.4 Å². The van der Waals surface area contributed by atoms with Gasteiger partial charge in [0.25, 0.3) is 0 Å². The van der Waals surface area contributed by atoms with Crippen LogP contribution in [-0.2, 0) is 0 Å². The van der Waals surface area contributed by atoms with Gasteiger partial charge < -0.3 is 4.98 Å². The van der Waals surface area contributed by atoms with Gasteiger partial charge in [0.15, 0.2) is 0 Å². The Bertz CT molecular complexity index is 1300. The van der Waals surface area contributed by atoms with E-state index in [0.717, 1.165) is 32.7 Å². The van der Waals surface area contributed by atoms with Gasteiger partial charge in [-0.25, -0.2) is 4.98 Å². The van der Waals surface area contributed by atoms with E-state index in [1.807, 2.05) is 42.5 Å². The average molecular weight is 357 g/mol. The lowest BCUT2D eigenvalue weighted by Gasteiger charge is -2.06. The molecule has 0 saturated heterocycles. The van der Waals surface area contributed by atoms with Gasteiger partial charge in [-0.2, -0.15) is 0 Å². The van der Waals surface area contributed by atoms with Gasteiger partial charge in [0.05, 0.1) is 11.0 Å². The van der Waals surface area contributed by atoms with E-state index in [1.165, 1.54) is 0 Å². The lowest BCUT2D eigenvalue weighted by molar-refractivity contribution is 0.103. The number of pyridine rings is 1. The molecule has 3 nitrogen and oxygen atoms in total. The van der Waals surface area contributed by atoms with E-state index in [2.05, 4.69) is 16.0 Å². The summed E-state index contributed by atoms with van der Waals surface area (Å²) in [5.41, 5.74) is 3.56. The second kappa shape index (κ2) is 5.68. The van der Waals surface area contributed by atoms with Gasteiger partial charge in [-0.1, -0.05) is 48.0 Å². The predicted molar refractivity (Wildman–Crippen MR) is 106 cm³/mol. The minimum absolute atomic E-state index is 0.121. The van der Waals surface area contributed by atoms with Crippen LogP contribution in [0.4, 0.5) is 0 Å². The van der Waals surface area contributed by atoms with Crippen LogP contribution in [0.5, 0.6) is 0 Å². The van der Waals surface area contributed by atoms with E-state index in [0.29, 0.717) is 16.3 Å². The maximum absolute atomic E-state index is 13.2. The topological polar surface area (TPSA) is 45.8 Å². The number of nitrogens with zero attached hydrogens (tertiary/aromatic N) is 1. The Hall–Kier alpha value is -3.17. The van der Waals surface area contributed by atoms with Gasteiger partial charge in [0.2, 0.25) is 5.78 Å². The number of halogens is 1. The highest BCUT2D eigenvalue weighted by atomic mass is 35.5. The van der Waals surface area contributed by atoms with Crippen LogP contribution in [0.15, 0.2) is 72.8 Å². The second-order valence-corrected chi connectivity index (χ2v) is 6.67. The number of aromatic nitrogens is 2. The first-order valence-electron chi connectivity index (χ1n) is 8.32. The molecule has 0 fully saturated rings. The summed E-state index contributed by atoms with van der Waals surface area (Å²) in [6, 6.07) is 22.9. The Morgan fingerprint density at radius 1 is 0.846 bits per heavy atom. The Kier molecular flexibility index (Phi) is 3.30. The molecular weight excluding hydrogens is 344 g/mol. The van der Waals surface area contributed by atoms with Crippen molar-refractivity contribution in [2.75, 3.05) is 0 Å². The standard InChI is InChI=1S/C22H13ClN2O/c23-14-11-9-13(10-12-14)22(26)21-20-19(15-5-1-3-7-17(15)24-20)16-6-2-4-8-18(16)25-21/h1-12,24H. The number of hydrogen-bond donors (Lipinski definition) is 1. The van der Waals surface area contributed by atoms with Gasteiger partial charge in [0, 0.05) is 32.3 Å². The van der Waals surface area contributed by atoms with Crippen molar-refractivity contribution in [3.8, 4) is 0 Å². The van der Waals surface area contributed by atoms with Crippen molar-refractivity contribution in [2.24, 2.45) is 0 Å². The van der Waals surface area contributed by atoms with Crippen LogP contribution in [0.2, 0.25) is 5.02 Å². The summed E-state index contributed by atoms with van der Waals surface area (Å²) in [6.45, 7) is 0. The molecule has 0 spiro atoms. The molecule has 5 rings (SSSR count). The first kappa shape index (κ1) is 15.1. The summed E-state index contributed by atoms with van der Waals surface area (Å²) < 4.78 is 0. The van der Waals surface area contributed by atoms with E-state index < -0.39 is 0 Å². The fraction of sp³-hybridized carbons (Fsp3) is 0. The molecule has 124 valence electrons. The second-order valence-electron chi connectivity index (χ2n) is 6.23. The normalized spacial score (nSPS) is 11.4. The van der Waals surface area contributed by atoms with Gasteiger partial charge in [0.1, 0.15) is 5.69 Å². The smallest absolute Gasteiger partial charge is 0.213 e. The first-order valence-corrected chi connectivity index (χ1v) is 8.69. The summed E-state index contributed by atoms with van der Waals surface area (Å²) in [5.74, 6) is -0.121. The van der Waals surface area contributed by atoms with Crippen LogP contribution in [-0.4, -0.2) is 15.8 Å².